The molecule has 0 bridgehead atoms. The average Bonchev–Trinajstić information content (AvgIpc) is 3.25. The van der Waals surface area contributed by atoms with Gasteiger partial charge >= 0.3 is 5.97 Å². The number of thiophene rings is 1. The van der Waals surface area contributed by atoms with Crippen molar-refractivity contribution in [1.29, 1.82) is 0 Å². The lowest BCUT2D eigenvalue weighted by molar-refractivity contribution is 0.0702. The Hall–Kier alpha value is -2.40. The third-order valence-corrected chi connectivity index (χ3v) is 4.10. The van der Waals surface area contributed by atoms with Gasteiger partial charge in [0.15, 0.2) is 0 Å². The summed E-state index contributed by atoms with van der Waals surface area (Å²) in [5.74, 6) is 0.0311. The van der Waals surface area contributed by atoms with Crippen molar-refractivity contribution in [3.63, 3.8) is 0 Å². The summed E-state index contributed by atoms with van der Waals surface area (Å²) < 4.78 is 0. The summed E-state index contributed by atoms with van der Waals surface area (Å²) >= 11 is 1.25. The lowest BCUT2D eigenvalue weighted by Gasteiger charge is -1.94. The molecule has 2 aromatic heterocycles. The number of nitrogens with zero attached hydrogens (tertiary/aromatic N) is 1. The summed E-state index contributed by atoms with van der Waals surface area (Å²) in [6, 6.07) is 3.42. The number of nitrogens with one attached hydrogen (secondary N) is 1. The maximum absolute atomic E-state index is 10.9. The van der Waals surface area contributed by atoms with Crippen LogP contribution in [0.5, 0.6) is 0 Å². The molecule has 0 atom stereocenters. The topological polar surface area (TPSA) is 66.0 Å². The van der Waals surface area contributed by atoms with Crippen LogP contribution in [0.4, 0.5) is 0 Å². The molecule has 2 heterocycles. The number of unbranched alkanes of at least 4 members (excludes halogenated alkanes) is 1. The van der Waals surface area contributed by atoms with E-state index in [4.69, 9.17) is 5.11 Å². The van der Waals surface area contributed by atoms with Crippen molar-refractivity contribution in [1.82, 2.24) is 9.97 Å². The van der Waals surface area contributed by atoms with Crippen molar-refractivity contribution < 1.29 is 9.90 Å². The molecule has 24 heavy (non-hydrogen) atoms. The minimum atomic E-state index is -0.895. The number of aromatic amines is 1. The molecular formula is C19H24N2O2S. The monoisotopic (exact) mass is 344 g/mol. The normalized spacial score (nSPS) is 10.8. The van der Waals surface area contributed by atoms with E-state index in [1.807, 2.05) is 32.1 Å². The van der Waals surface area contributed by atoms with Gasteiger partial charge in [0.2, 0.25) is 0 Å². The van der Waals surface area contributed by atoms with Gasteiger partial charge < -0.3 is 10.1 Å². The number of allylic oxidation sites excluding steroid dienone is 5. The van der Waals surface area contributed by atoms with Crippen LogP contribution in [0.25, 0.3) is 10.6 Å². The minimum Gasteiger partial charge on any atom is -0.477 e. The van der Waals surface area contributed by atoms with Crippen LogP contribution in [0, 0.1) is 0 Å². The molecule has 2 rings (SSSR count). The fourth-order valence-corrected chi connectivity index (χ4v) is 2.73. The van der Waals surface area contributed by atoms with E-state index in [1.54, 1.807) is 24.4 Å². The number of carboxylic acid groups (broad SMARTS) is 1. The third-order valence-electron chi connectivity index (χ3n) is 2.99. The molecule has 0 amide bonds. The molecule has 0 spiro atoms. The Morgan fingerprint density at radius 1 is 1.33 bits per heavy atom. The molecule has 0 unspecified atom stereocenters. The van der Waals surface area contributed by atoms with Gasteiger partial charge in [-0.3, -0.25) is 0 Å². The Morgan fingerprint density at radius 3 is 2.79 bits per heavy atom. The van der Waals surface area contributed by atoms with Gasteiger partial charge in [-0.1, -0.05) is 50.8 Å². The average molecular weight is 344 g/mol. The van der Waals surface area contributed by atoms with Crippen LogP contribution >= 0.6 is 11.3 Å². The van der Waals surface area contributed by atoms with E-state index in [0.717, 1.165) is 35.7 Å². The van der Waals surface area contributed by atoms with E-state index in [-0.39, 0.29) is 0 Å². The third kappa shape index (κ3) is 6.38. The number of aromatic nitrogens is 2. The van der Waals surface area contributed by atoms with Gasteiger partial charge in [-0.05, 0) is 25.0 Å². The van der Waals surface area contributed by atoms with Crippen molar-refractivity contribution in [3.05, 3.63) is 66.0 Å². The summed E-state index contributed by atoms with van der Waals surface area (Å²) in [6.45, 7) is 7.61. The quantitative estimate of drug-likeness (QED) is 0.492. The lowest BCUT2D eigenvalue weighted by atomic mass is 10.2. The number of H-pyrrole nitrogens is 1. The van der Waals surface area contributed by atoms with Gasteiger partial charge in [0.05, 0.1) is 16.8 Å². The summed E-state index contributed by atoms with van der Waals surface area (Å²) in [7, 11) is 0. The van der Waals surface area contributed by atoms with Gasteiger partial charge in [0.25, 0.3) is 0 Å². The number of aryl methyl sites for hydroxylation is 1. The van der Waals surface area contributed by atoms with E-state index in [9.17, 15) is 4.79 Å². The summed E-state index contributed by atoms with van der Waals surface area (Å²) in [5.41, 5.74) is 0.872. The van der Waals surface area contributed by atoms with E-state index in [2.05, 4.69) is 22.6 Å². The summed E-state index contributed by atoms with van der Waals surface area (Å²) in [6.07, 6.45) is 14.3. The van der Waals surface area contributed by atoms with Crippen LogP contribution in [-0.2, 0) is 6.42 Å². The SMILES string of the molecule is C=C/C=C\C=C\CCCc1ncc(-c2ccc(C(=O)O)s2)[nH]1.CC. The molecule has 0 aliphatic heterocycles. The largest absolute Gasteiger partial charge is 0.477 e. The van der Waals surface area contributed by atoms with E-state index >= 15 is 0 Å². The second-order valence-corrected chi connectivity index (χ2v) is 5.74. The molecular weight excluding hydrogens is 320 g/mol. The van der Waals surface area contributed by atoms with Gasteiger partial charge in [-0.2, -0.15) is 0 Å². The van der Waals surface area contributed by atoms with Gasteiger partial charge in [-0.25, -0.2) is 9.78 Å². The number of rotatable bonds is 8. The number of aromatic carboxylic acids is 1. The first-order valence-electron chi connectivity index (χ1n) is 8.02. The maximum atomic E-state index is 10.9. The number of carbonyl (C=O) groups is 1. The number of carboxylic acids is 1. The van der Waals surface area contributed by atoms with Crippen LogP contribution < -0.4 is 0 Å². The molecule has 0 fully saturated rings. The van der Waals surface area contributed by atoms with E-state index in [0.29, 0.717) is 4.88 Å². The van der Waals surface area contributed by atoms with Crippen molar-refractivity contribution in [3.8, 4) is 10.6 Å². The molecule has 0 radical (unpaired) electrons. The highest BCUT2D eigenvalue weighted by Crippen LogP contribution is 2.26. The fourth-order valence-electron chi connectivity index (χ4n) is 1.92. The minimum absolute atomic E-state index is 0.337. The molecule has 128 valence electrons. The second-order valence-electron chi connectivity index (χ2n) is 4.65. The first kappa shape index (κ1) is 19.6. The molecule has 0 aliphatic carbocycles. The molecule has 5 heteroatoms. The van der Waals surface area contributed by atoms with Crippen molar-refractivity contribution in [2.75, 3.05) is 0 Å². The maximum Gasteiger partial charge on any atom is 0.345 e. The van der Waals surface area contributed by atoms with E-state index in [1.165, 1.54) is 11.3 Å². The zero-order valence-electron chi connectivity index (χ0n) is 14.2. The highest BCUT2D eigenvalue weighted by molar-refractivity contribution is 7.17. The predicted molar refractivity (Wildman–Crippen MR) is 102 cm³/mol. The van der Waals surface area contributed by atoms with Crippen LogP contribution in [-0.4, -0.2) is 21.0 Å². The van der Waals surface area contributed by atoms with Crippen LogP contribution in [0.3, 0.4) is 0 Å². The smallest absolute Gasteiger partial charge is 0.345 e. The van der Waals surface area contributed by atoms with Gasteiger partial charge in [0, 0.05) is 6.42 Å². The molecule has 0 saturated carbocycles. The van der Waals surface area contributed by atoms with Gasteiger partial charge in [-0.15, -0.1) is 11.3 Å². The zero-order chi connectivity index (χ0) is 17.8. The molecule has 4 nitrogen and oxygen atoms in total. The van der Waals surface area contributed by atoms with E-state index < -0.39 is 5.97 Å². The van der Waals surface area contributed by atoms with Crippen LogP contribution in [0.15, 0.2) is 55.3 Å². The Morgan fingerprint density at radius 2 is 2.12 bits per heavy atom. The number of imidazole rings is 1. The lowest BCUT2D eigenvalue weighted by Crippen LogP contribution is -1.89. The second kappa shape index (κ2) is 11.2. The van der Waals surface area contributed by atoms with Crippen LogP contribution in [0.2, 0.25) is 0 Å². The summed E-state index contributed by atoms with van der Waals surface area (Å²) in [4.78, 5) is 19.7. The van der Waals surface area contributed by atoms with Crippen molar-refractivity contribution in [2.45, 2.75) is 33.1 Å². The Kier molecular flexibility index (Phi) is 9.16. The van der Waals surface area contributed by atoms with Crippen molar-refractivity contribution >= 4 is 17.3 Å². The Labute approximate surface area is 147 Å². The Bertz CT molecular complexity index is 696. The first-order valence-corrected chi connectivity index (χ1v) is 8.84. The molecule has 0 aromatic carbocycles. The van der Waals surface area contributed by atoms with Gasteiger partial charge in [0.1, 0.15) is 10.7 Å². The standard InChI is InChI=1S/C17H18N2O2S.C2H6/c1-2-3-4-5-6-7-8-9-16-18-12-13(19-16)14-10-11-15(22-14)17(20)21;1-2/h2-6,10-12H,1,7-9H2,(H,18,19)(H,20,21);1-2H3/b4-3-,6-5+;. The highest BCUT2D eigenvalue weighted by atomic mass is 32.1. The fraction of sp³-hybridized carbons (Fsp3) is 0.263. The number of hydrogen-bond acceptors (Lipinski definition) is 3. The molecule has 0 aliphatic rings. The molecule has 0 saturated heterocycles. The zero-order valence-corrected chi connectivity index (χ0v) is 15.0. The Balaban J connectivity index is 0.00000139. The van der Waals surface area contributed by atoms with Crippen molar-refractivity contribution in [2.24, 2.45) is 0 Å². The molecule has 2 aromatic rings. The molecule has 2 N–H and O–H groups in total. The highest BCUT2D eigenvalue weighted by Gasteiger charge is 2.10. The van der Waals surface area contributed by atoms with Crippen LogP contribution in [0.1, 0.15) is 42.2 Å². The summed E-state index contributed by atoms with van der Waals surface area (Å²) in [5, 5.41) is 8.94. The first-order chi connectivity index (χ1) is 11.7. The predicted octanol–water partition coefficient (Wildman–Crippen LogP) is 5.48. The number of hydrogen-bond donors (Lipinski definition) is 2.